The average Bonchev–Trinajstić information content (AvgIpc) is 3.77. The van der Waals surface area contributed by atoms with Gasteiger partial charge in [-0.3, -0.25) is 9.78 Å². The normalized spacial score (nSPS) is 17.1. The minimum atomic E-state index is -0.803. The quantitative estimate of drug-likeness (QED) is 0.229. The SMILES string of the molecule is Cl.NC1CCCN(c2ccc(Nc3c(C(=O)C4CC4)cnc4ccc(-c5cc(F)c(O)c(Cl)c5)cc34)cn2)C1. The van der Waals surface area contributed by atoms with Crippen molar-refractivity contribution < 1.29 is 14.3 Å². The van der Waals surface area contributed by atoms with Crippen LogP contribution in [0.1, 0.15) is 36.0 Å². The summed E-state index contributed by atoms with van der Waals surface area (Å²) in [6.45, 7) is 1.70. The molecular formula is C29H28Cl2FN5O2. The second-order valence-electron chi connectivity index (χ2n) is 10.1. The lowest BCUT2D eigenvalue weighted by Gasteiger charge is -2.31. The number of nitrogens with two attached hydrogens (primary N) is 1. The number of phenols is 1. The molecule has 4 aromatic rings. The number of benzene rings is 2. The number of halogens is 3. The van der Waals surface area contributed by atoms with E-state index < -0.39 is 11.6 Å². The fourth-order valence-electron chi connectivity index (χ4n) is 5.00. The molecule has 3 heterocycles. The summed E-state index contributed by atoms with van der Waals surface area (Å²) in [7, 11) is 0. The lowest BCUT2D eigenvalue weighted by molar-refractivity contribution is 0.0968. The van der Waals surface area contributed by atoms with Crippen molar-refractivity contribution in [2.75, 3.05) is 23.3 Å². The van der Waals surface area contributed by atoms with Crippen molar-refractivity contribution >= 4 is 57.9 Å². The van der Waals surface area contributed by atoms with Crippen molar-refractivity contribution in [2.45, 2.75) is 31.7 Å². The highest BCUT2D eigenvalue weighted by atomic mass is 35.5. The lowest BCUT2D eigenvalue weighted by Crippen LogP contribution is -2.43. The van der Waals surface area contributed by atoms with E-state index in [1.807, 2.05) is 30.3 Å². The third kappa shape index (κ3) is 5.50. The first kappa shape index (κ1) is 27.1. The van der Waals surface area contributed by atoms with E-state index in [0.717, 1.165) is 50.3 Å². The first-order valence-electron chi connectivity index (χ1n) is 12.8. The van der Waals surface area contributed by atoms with Crippen molar-refractivity contribution in [3.8, 4) is 16.9 Å². The molecule has 1 unspecified atom stereocenters. The Hall–Kier alpha value is -3.46. The molecule has 0 amide bonds. The van der Waals surface area contributed by atoms with Gasteiger partial charge in [0.25, 0.3) is 0 Å². The van der Waals surface area contributed by atoms with Gasteiger partial charge in [-0.2, -0.15) is 0 Å². The summed E-state index contributed by atoms with van der Waals surface area (Å²) in [4.78, 5) is 24.6. The molecule has 0 radical (unpaired) electrons. The smallest absolute Gasteiger partial charge is 0.170 e. The second-order valence-corrected chi connectivity index (χ2v) is 10.5. The fraction of sp³-hybridized carbons (Fsp3) is 0.276. The van der Waals surface area contributed by atoms with Crippen LogP contribution in [0.3, 0.4) is 0 Å². The summed E-state index contributed by atoms with van der Waals surface area (Å²) in [6, 6.07) is 12.3. The molecule has 2 aromatic heterocycles. The maximum absolute atomic E-state index is 14.2. The van der Waals surface area contributed by atoms with Crippen LogP contribution in [0.2, 0.25) is 5.02 Å². The Kier molecular flexibility index (Phi) is 7.62. The number of aromatic nitrogens is 2. The van der Waals surface area contributed by atoms with Crippen LogP contribution in [0.25, 0.3) is 22.0 Å². The molecule has 7 nitrogen and oxygen atoms in total. The van der Waals surface area contributed by atoms with Gasteiger partial charge >= 0.3 is 0 Å². The van der Waals surface area contributed by atoms with Gasteiger partial charge in [-0.25, -0.2) is 9.37 Å². The molecule has 10 heteroatoms. The van der Waals surface area contributed by atoms with Crippen molar-refractivity contribution in [1.29, 1.82) is 0 Å². The summed E-state index contributed by atoms with van der Waals surface area (Å²) in [6.07, 6.45) is 7.18. The number of anilines is 3. The number of Topliss-reactive ketones (excluding diaryl/α,β-unsaturated/α-hetero) is 1. The van der Waals surface area contributed by atoms with E-state index in [4.69, 9.17) is 17.3 Å². The molecule has 1 saturated heterocycles. The number of ketones is 1. The van der Waals surface area contributed by atoms with Crippen LogP contribution in [0.15, 0.2) is 54.9 Å². The number of phenolic OH excluding ortho intramolecular Hbond substituents is 1. The Bertz CT molecular complexity index is 1520. The van der Waals surface area contributed by atoms with E-state index in [0.29, 0.717) is 33.3 Å². The molecule has 2 fully saturated rings. The first-order chi connectivity index (χ1) is 18.4. The zero-order valence-electron chi connectivity index (χ0n) is 21.0. The van der Waals surface area contributed by atoms with E-state index >= 15 is 0 Å². The summed E-state index contributed by atoms with van der Waals surface area (Å²) in [5.41, 5.74) is 9.88. The molecule has 0 spiro atoms. The topological polar surface area (TPSA) is 104 Å². The third-order valence-corrected chi connectivity index (χ3v) is 7.52. The highest BCUT2D eigenvalue weighted by molar-refractivity contribution is 6.32. The molecule has 1 atom stereocenters. The van der Waals surface area contributed by atoms with E-state index in [2.05, 4.69) is 20.2 Å². The maximum atomic E-state index is 14.2. The first-order valence-corrected chi connectivity index (χ1v) is 13.1. The van der Waals surface area contributed by atoms with E-state index in [1.165, 1.54) is 12.1 Å². The van der Waals surface area contributed by atoms with Crippen LogP contribution in [0.5, 0.6) is 5.75 Å². The number of nitrogens with zero attached hydrogens (tertiary/aromatic N) is 3. The summed E-state index contributed by atoms with van der Waals surface area (Å²) < 4.78 is 14.2. The molecule has 6 rings (SSSR count). The van der Waals surface area contributed by atoms with E-state index in [1.54, 1.807) is 12.4 Å². The number of pyridine rings is 2. The molecule has 0 bridgehead atoms. The van der Waals surface area contributed by atoms with Gasteiger partial charge in [0.2, 0.25) is 0 Å². The molecular weight excluding hydrogens is 540 g/mol. The minimum absolute atomic E-state index is 0. The Morgan fingerprint density at radius 2 is 1.90 bits per heavy atom. The highest BCUT2D eigenvalue weighted by Gasteiger charge is 2.32. The number of fused-ring (bicyclic) bond motifs is 1. The van der Waals surface area contributed by atoms with Gasteiger partial charge in [-0.05, 0) is 73.2 Å². The molecule has 2 aromatic carbocycles. The van der Waals surface area contributed by atoms with Gasteiger partial charge in [0.15, 0.2) is 17.3 Å². The Morgan fingerprint density at radius 3 is 2.59 bits per heavy atom. The number of hydrogen-bond donors (Lipinski definition) is 3. The zero-order chi connectivity index (χ0) is 26.4. The predicted molar refractivity (Wildman–Crippen MR) is 155 cm³/mol. The van der Waals surface area contributed by atoms with Gasteiger partial charge in [0.1, 0.15) is 5.82 Å². The predicted octanol–water partition coefficient (Wildman–Crippen LogP) is 6.48. The van der Waals surface area contributed by atoms with E-state index in [-0.39, 0.29) is 35.2 Å². The summed E-state index contributed by atoms with van der Waals surface area (Å²) in [5.74, 6) is -0.458. The maximum Gasteiger partial charge on any atom is 0.170 e. The van der Waals surface area contributed by atoms with Gasteiger partial charge in [-0.1, -0.05) is 17.7 Å². The molecule has 1 saturated carbocycles. The number of carbonyl (C=O) groups is 1. The number of rotatable bonds is 6. The summed E-state index contributed by atoms with van der Waals surface area (Å²) in [5, 5.41) is 13.8. The number of hydrogen-bond acceptors (Lipinski definition) is 7. The van der Waals surface area contributed by atoms with Crippen molar-refractivity contribution in [2.24, 2.45) is 11.7 Å². The van der Waals surface area contributed by atoms with Crippen molar-refractivity contribution in [3.05, 3.63) is 71.3 Å². The van der Waals surface area contributed by atoms with E-state index in [9.17, 15) is 14.3 Å². The standard InChI is InChI=1S/C29H27ClFN5O2.ClH/c30-23-11-18(12-24(31)29(23)38)17-5-7-25-21(10-17)27(22(14-33-25)28(37)16-3-4-16)35-20-6-8-26(34-13-20)36-9-1-2-19(32)15-36;/h5-8,10-14,16,19,38H,1-4,9,15,32H2,(H,33,35);1H. The second kappa shape index (κ2) is 11.0. The van der Waals surface area contributed by atoms with Gasteiger partial charge in [0.05, 0.1) is 33.7 Å². The molecule has 2 aliphatic rings. The van der Waals surface area contributed by atoms with Crippen LogP contribution in [-0.2, 0) is 0 Å². The Labute approximate surface area is 236 Å². The van der Waals surface area contributed by atoms with Crippen LogP contribution >= 0.6 is 24.0 Å². The Morgan fingerprint density at radius 1 is 1.08 bits per heavy atom. The minimum Gasteiger partial charge on any atom is -0.504 e. The zero-order valence-corrected chi connectivity index (χ0v) is 22.6. The van der Waals surface area contributed by atoms with Crippen molar-refractivity contribution in [1.82, 2.24) is 9.97 Å². The van der Waals surface area contributed by atoms with Gasteiger partial charge in [-0.15, -0.1) is 12.4 Å². The molecule has 4 N–H and O–H groups in total. The third-order valence-electron chi connectivity index (χ3n) is 7.23. The van der Waals surface area contributed by atoms with Crippen LogP contribution < -0.4 is 16.0 Å². The fourth-order valence-corrected chi connectivity index (χ4v) is 5.21. The number of aromatic hydroxyl groups is 1. The monoisotopic (exact) mass is 567 g/mol. The number of nitrogens with one attached hydrogen (secondary N) is 1. The Balaban J connectivity index is 0.00000308. The molecule has 39 heavy (non-hydrogen) atoms. The highest BCUT2D eigenvalue weighted by Crippen LogP contribution is 2.39. The lowest BCUT2D eigenvalue weighted by atomic mass is 9.98. The summed E-state index contributed by atoms with van der Waals surface area (Å²) >= 11 is 6.03. The number of carbonyl (C=O) groups excluding carboxylic acids is 1. The van der Waals surface area contributed by atoms with Crippen molar-refractivity contribution in [3.63, 3.8) is 0 Å². The molecule has 202 valence electrons. The molecule has 1 aliphatic carbocycles. The van der Waals surface area contributed by atoms with Gasteiger partial charge < -0.3 is 21.1 Å². The molecule has 1 aliphatic heterocycles. The van der Waals surface area contributed by atoms with Gasteiger partial charge in [0, 0.05) is 36.6 Å². The van der Waals surface area contributed by atoms with Crippen LogP contribution in [0, 0.1) is 11.7 Å². The van der Waals surface area contributed by atoms with Crippen LogP contribution in [-0.4, -0.2) is 40.0 Å². The number of piperidine rings is 1. The van der Waals surface area contributed by atoms with Crippen LogP contribution in [0.4, 0.5) is 21.6 Å². The largest absolute Gasteiger partial charge is 0.504 e. The average molecular weight is 568 g/mol.